The lowest BCUT2D eigenvalue weighted by Crippen LogP contribution is -2.48. The maximum Gasteiger partial charge on any atom is 0.272 e. The van der Waals surface area contributed by atoms with Crippen LogP contribution >= 0.6 is 0 Å². The molecule has 150 valence electrons. The first-order valence-electron chi connectivity index (χ1n) is 10.4. The molecule has 0 bridgehead atoms. The number of piperidine rings is 1. The number of rotatable bonds is 6. The van der Waals surface area contributed by atoms with E-state index in [1.165, 1.54) is 5.56 Å². The number of likely N-dealkylation sites (tertiary alicyclic amines) is 1. The quantitative estimate of drug-likeness (QED) is 0.675. The molecule has 1 aliphatic heterocycles. The summed E-state index contributed by atoms with van der Waals surface area (Å²) < 4.78 is 0. The Morgan fingerprint density at radius 1 is 1.14 bits per heavy atom. The molecular weight excluding hydrogens is 360 g/mol. The van der Waals surface area contributed by atoms with E-state index in [0.29, 0.717) is 5.69 Å². The Bertz CT molecular complexity index is 936. The zero-order valence-corrected chi connectivity index (χ0v) is 16.9. The lowest BCUT2D eigenvalue weighted by Gasteiger charge is -2.33. The van der Waals surface area contributed by atoms with Crippen LogP contribution in [0.3, 0.4) is 0 Å². The number of hydrogen-bond donors (Lipinski definition) is 2. The molecule has 1 saturated heterocycles. The summed E-state index contributed by atoms with van der Waals surface area (Å²) in [5.74, 6) is 0.650. The minimum atomic E-state index is -0.0872. The highest BCUT2D eigenvalue weighted by Crippen LogP contribution is 2.18. The van der Waals surface area contributed by atoms with Gasteiger partial charge >= 0.3 is 0 Å². The average molecular weight is 389 g/mol. The first-order valence-corrected chi connectivity index (χ1v) is 10.4. The van der Waals surface area contributed by atoms with Gasteiger partial charge in [-0.15, -0.1) is 0 Å². The molecule has 3 aromatic rings. The molecule has 1 fully saturated rings. The van der Waals surface area contributed by atoms with Crippen LogP contribution < -0.4 is 5.32 Å². The molecule has 5 nitrogen and oxygen atoms in total. The second-order valence-corrected chi connectivity index (χ2v) is 7.77. The third-order valence-electron chi connectivity index (χ3n) is 5.55. The fraction of sp³-hybridized carbons (Fsp3) is 0.333. The van der Waals surface area contributed by atoms with Crippen molar-refractivity contribution in [2.24, 2.45) is 0 Å². The maximum atomic E-state index is 12.9. The van der Waals surface area contributed by atoms with Gasteiger partial charge in [-0.05, 0) is 38.3 Å². The first-order chi connectivity index (χ1) is 14.2. The van der Waals surface area contributed by atoms with Crippen LogP contribution in [0.15, 0.2) is 60.7 Å². The minimum Gasteiger partial charge on any atom is -0.347 e. The van der Waals surface area contributed by atoms with Crippen LogP contribution in [0.1, 0.15) is 34.6 Å². The highest BCUT2D eigenvalue weighted by atomic mass is 16.2. The summed E-state index contributed by atoms with van der Waals surface area (Å²) in [6.45, 7) is 4.92. The van der Waals surface area contributed by atoms with Crippen LogP contribution in [0.2, 0.25) is 0 Å². The normalized spacial score (nSPS) is 17.2. The molecule has 0 radical (unpaired) electrons. The molecule has 0 aliphatic carbocycles. The Hall–Kier alpha value is -2.92. The van der Waals surface area contributed by atoms with E-state index in [9.17, 15) is 4.79 Å². The van der Waals surface area contributed by atoms with Gasteiger partial charge in [-0.2, -0.15) is 0 Å². The van der Waals surface area contributed by atoms with Gasteiger partial charge in [-0.25, -0.2) is 4.98 Å². The van der Waals surface area contributed by atoms with Gasteiger partial charge in [0.25, 0.3) is 5.91 Å². The van der Waals surface area contributed by atoms with E-state index in [4.69, 9.17) is 0 Å². The molecule has 5 heteroatoms. The van der Waals surface area contributed by atoms with Crippen LogP contribution in [-0.4, -0.2) is 46.5 Å². The van der Waals surface area contributed by atoms with Crippen molar-refractivity contribution < 1.29 is 4.79 Å². The molecule has 1 aromatic heterocycles. The Morgan fingerprint density at radius 2 is 1.86 bits per heavy atom. The van der Waals surface area contributed by atoms with Crippen LogP contribution in [-0.2, 0) is 6.42 Å². The van der Waals surface area contributed by atoms with E-state index in [2.05, 4.69) is 50.5 Å². The summed E-state index contributed by atoms with van der Waals surface area (Å²) in [5, 5.41) is 3.21. The van der Waals surface area contributed by atoms with Gasteiger partial charge < -0.3 is 15.2 Å². The zero-order valence-electron chi connectivity index (χ0n) is 16.9. The molecule has 1 atom stereocenters. The van der Waals surface area contributed by atoms with Gasteiger partial charge in [0.2, 0.25) is 0 Å². The van der Waals surface area contributed by atoms with Gasteiger partial charge in [0.05, 0.1) is 0 Å². The molecule has 4 rings (SSSR count). The van der Waals surface area contributed by atoms with E-state index in [1.54, 1.807) is 0 Å². The van der Waals surface area contributed by atoms with Gasteiger partial charge in [-0.3, -0.25) is 4.79 Å². The highest BCUT2D eigenvalue weighted by Gasteiger charge is 2.24. The largest absolute Gasteiger partial charge is 0.347 e. The summed E-state index contributed by atoms with van der Waals surface area (Å²) in [6, 6.07) is 20.6. The van der Waals surface area contributed by atoms with Gasteiger partial charge in [0.1, 0.15) is 11.5 Å². The number of amides is 1. The monoisotopic (exact) mass is 388 g/mol. The average Bonchev–Trinajstić information content (AvgIpc) is 3.16. The van der Waals surface area contributed by atoms with Crippen LogP contribution in [0.25, 0.3) is 11.4 Å². The summed E-state index contributed by atoms with van der Waals surface area (Å²) >= 11 is 0. The predicted octanol–water partition coefficient (Wildman–Crippen LogP) is 3.82. The highest BCUT2D eigenvalue weighted by molar-refractivity contribution is 5.94. The van der Waals surface area contributed by atoms with Crippen molar-refractivity contribution in [1.82, 2.24) is 20.2 Å². The minimum absolute atomic E-state index is 0.0872. The maximum absolute atomic E-state index is 12.9. The summed E-state index contributed by atoms with van der Waals surface area (Å²) in [6.07, 6.45) is 3.16. The van der Waals surface area contributed by atoms with Crippen LogP contribution in [0, 0.1) is 6.92 Å². The smallest absolute Gasteiger partial charge is 0.272 e. The third-order valence-corrected chi connectivity index (χ3v) is 5.55. The number of H-pyrrole nitrogens is 1. The van der Waals surface area contributed by atoms with Crippen LogP contribution in [0.5, 0.6) is 0 Å². The number of nitrogens with one attached hydrogen (secondary N) is 2. The van der Waals surface area contributed by atoms with Gasteiger partial charge in [0.15, 0.2) is 0 Å². The molecule has 0 saturated carbocycles. The van der Waals surface area contributed by atoms with Crippen molar-refractivity contribution in [1.29, 1.82) is 0 Å². The predicted molar refractivity (Wildman–Crippen MR) is 116 cm³/mol. The number of nitrogens with zero attached hydrogens (tertiary/aromatic N) is 2. The molecule has 2 aromatic carbocycles. The molecule has 1 aliphatic rings. The molecule has 2 heterocycles. The number of imidazole rings is 1. The lowest BCUT2D eigenvalue weighted by molar-refractivity contribution is 0.0899. The number of carbonyl (C=O) groups is 1. The zero-order chi connectivity index (χ0) is 20.1. The van der Waals surface area contributed by atoms with E-state index < -0.39 is 0 Å². The molecular formula is C24H28N4O. The topological polar surface area (TPSA) is 61.0 Å². The Kier molecular flexibility index (Phi) is 6.06. The standard InChI is InChI=1S/C24H28N4O/c1-18-22(27-23(25-18)20-11-6-3-7-12-20)24(29)26-21-13-8-15-28(17-21)16-14-19-9-4-2-5-10-19/h2-7,9-12,21H,8,13-17H2,1H3,(H,25,27)(H,26,29)/t21-/m0/s1. The second kappa shape index (κ2) is 9.05. The van der Waals surface area contributed by atoms with Crippen molar-refractivity contribution in [2.75, 3.05) is 19.6 Å². The van der Waals surface area contributed by atoms with Crippen molar-refractivity contribution in [3.63, 3.8) is 0 Å². The molecule has 29 heavy (non-hydrogen) atoms. The SMILES string of the molecule is Cc1[nH]c(-c2ccccc2)nc1C(=O)N[C@H]1CCCN(CCc2ccccc2)C1. The van der Waals surface area contributed by atoms with Crippen LogP contribution in [0.4, 0.5) is 0 Å². The van der Waals surface area contributed by atoms with E-state index in [-0.39, 0.29) is 11.9 Å². The number of carbonyl (C=O) groups excluding carboxylic acids is 1. The fourth-order valence-corrected chi connectivity index (χ4v) is 3.98. The van der Waals surface area contributed by atoms with E-state index in [1.807, 2.05) is 37.3 Å². The third kappa shape index (κ3) is 4.93. The number of benzene rings is 2. The Balaban J connectivity index is 1.35. The van der Waals surface area contributed by atoms with E-state index in [0.717, 1.165) is 56.0 Å². The van der Waals surface area contributed by atoms with E-state index >= 15 is 0 Å². The Labute approximate surface area is 172 Å². The molecule has 0 unspecified atom stereocenters. The molecule has 0 spiro atoms. The van der Waals surface area contributed by atoms with Crippen molar-refractivity contribution >= 4 is 5.91 Å². The number of aryl methyl sites for hydroxylation is 1. The van der Waals surface area contributed by atoms with Gasteiger partial charge in [-0.1, -0.05) is 60.7 Å². The molecule has 2 N–H and O–H groups in total. The number of hydrogen-bond acceptors (Lipinski definition) is 3. The number of aromatic nitrogens is 2. The number of aromatic amines is 1. The summed E-state index contributed by atoms with van der Waals surface area (Å²) in [5.41, 5.74) is 3.64. The van der Waals surface area contributed by atoms with Crippen molar-refractivity contribution in [2.45, 2.75) is 32.2 Å². The molecule has 1 amide bonds. The van der Waals surface area contributed by atoms with Gasteiger partial charge in [0, 0.05) is 30.4 Å². The first kappa shape index (κ1) is 19.4. The van der Waals surface area contributed by atoms with Crippen molar-refractivity contribution in [3.05, 3.63) is 77.6 Å². The summed E-state index contributed by atoms with van der Waals surface area (Å²) in [4.78, 5) is 23.1. The lowest BCUT2D eigenvalue weighted by atomic mass is 10.0. The fourth-order valence-electron chi connectivity index (χ4n) is 3.98. The Morgan fingerprint density at radius 3 is 2.62 bits per heavy atom. The second-order valence-electron chi connectivity index (χ2n) is 7.77. The van der Waals surface area contributed by atoms with Crippen molar-refractivity contribution in [3.8, 4) is 11.4 Å². The summed E-state index contributed by atoms with van der Waals surface area (Å²) in [7, 11) is 0.